The van der Waals surface area contributed by atoms with Crippen molar-refractivity contribution in [1.29, 1.82) is 0 Å². The summed E-state index contributed by atoms with van der Waals surface area (Å²) in [5.41, 5.74) is 0. The van der Waals surface area contributed by atoms with E-state index in [0.29, 0.717) is 0 Å². The first-order valence-corrected chi connectivity index (χ1v) is 3.64. The van der Waals surface area contributed by atoms with Gasteiger partial charge >= 0.3 is 0 Å². The molecule has 2 N–H and O–H groups in total. The molecule has 11 heavy (non-hydrogen) atoms. The van der Waals surface area contributed by atoms with E-state index in [2.05, 4.69) is 0 Å². The molecule has 0 heterocycles. The van der Waals surface area contributed by atoms with Crippen molar-refractivity contribution >= 4 is 7.85 Å². The molecule has 0 aliphatic heterocycles. The lowest BCUT2D eigenvalue weighted by Crippen LogP contribution is -2.35. The molecule has 0 aliphatic rings. The van der Waals surface area contributed by atoms with Crippen molar-refractivity contribution in [3.8, 4) is 0 Å². The Hall–Kier alpha value is -0.125. The van der Waals surface area contributed by atoms with Crippen LogP contribution in [-0.2, 0) is 4.74 Å². The van der Waals surface area contributed by atoms with Gasteiger partial charge in [-0.15, -0.1) is 0 Å². The van der Waals surface area contributed by atoms with Gasteiger partial charge in [0.2, 0.25) is 0 Å². The van der Waals surface area contributed by atoms with Crippen LogP contribution >= 0.6 is 0 Å². The maximum Gasteiger partial charge on any atom is 0.185 e. The zero-order valence-corrected chi connectivity index (χ0v) is 6.88. The monoisotopic (exact) mass is 164 g/mol. The fourth-order valence-corrected chi connectivity index (χ4v) is 0.563. The van der Waals surface area contributed by atoms with Crippen LogP contribution in [0, 0.1) is 0 Å². The summed E-state index contributed by atoms with van der Waals surface area (Å²) >= 11 is 0. The number of hydrogen-bond donors (Lipinski definition) is 2. The van der Waals surface area contributed by atoms with Gasteiger partial charge < -0.3 is 14.9 Å². The van der Waals surface area contributed by atoms with Crippen LogP contribution in [0.4, 0.5) is 4.39 Å². The average Bonchev–Trinajstić information content (AvgIpc) is 2.00. The molecule has 66 valence electrons. The van der Waals surface area contributed by atoms with Crippen molar-refractivity contribution in [3.63, 3.8) is 0 Å². The van der Waals surface area contributed by atoms with E-state index in [1.54, 1.807) is 6.92 Å². The number of aliphatic hydroxyl groups excluding tert-OH is 2. The molecule has 1 atom stereocenters. The van der Waals surface area contributed by atoms with Crippen LogP contribution in [0.3, 0.4) is 0 Å². The first-order valence-electron chi connectivity index (χ1n) is 3.64. The first kappa shape index (κ1) is 10.9. The van der Waals surface area contributed by atoms with Gasteiger partial charge in [-0.05, 0) is 6.42 Å². The Labute approximate surface area is 66.6 Å². The largest absolute Gasteiger partial charge is 0.394 e. The minimum absolute atomic E-state index is 0.198. The number of halogens is 1. The van der Waals surface area contributed by atoms with Gasteiger partial charge in [0.15, 0.2) is 13.6 Å². The van der Waals surface area contributed by atoms with E-state index in [9.17, 15) is 4.39 Å². The molecule has 0 aromatic carbocycles. The minimum atomic E-state index is -1.75. The summed E-state index contributed by atoms with van der Waals surface area (Å²) in [6, 6.07) is 0. The highest BCUT2D eigenvalue weighted by atomic mass is 19.2. The molecule has 0 spiro atoms. The SMILES string of the molecule is B[C@](F)(CC)OC(CO)CO. The van der Waals surface area contributed by atoms with Crippen LogP contribution in [0.2, 0.25) is 0 Å². The maximum absolute atomic E-state index is 13.0. The molecule has 0 radical (unpaired) electrons. The summed E-state index contributed by atoms with van der Waals surface area (Å²) in [6.45, 7) is 0.901. The molecule has 0 aliphatic carbocycles. The quantitative estimate of drug-likeness (QED) is 0.513. The van der Waals surface area contributed by atoms with Crippen molar-refractivity contribution in [2.45, 2.75) is 25.2 Å². The molecule has 0 fully saturated rings. The summed E-state index contributed by atoms with van der Waals surface area (Å²) in [7, 11) is 1.27. The van der Waals surface area contributed by atoms with Gasteiger partial charge in [0.25, 0.3) is 0 Å². The molecule has 0 aromatic rings. The van der Waals surface area contributed by atoms with E-state index in [0.717, 1.165) is 0 Å². The van der Waals surface area contributed by atoms with Crippen LogP contribution < -0.4 is 0 Å². The molecule has 0 rings (SSSR count). The highest BCUT2D eigenvalue weighted by Crippen LogP contribution is 2.14. The number of rotatable bonds is 5. The van der Waals surface area contributed by atoms with E-state index in [4.69, 9.17) is 14.9 Å². The lowest BCUT2D eigenvalue weighted by atomic mass is 9.94. The smallest absolute Gasteiger partial charge is 0.185 e. The molecule has 3 nitrogen and oxygen atoms in total. The Morgan fingerprint density at radius 2 is 2.00 bits per heavy atom. The first-order chi connectivity index (χ1) is 5.05. The van der Waals surface area contributed by atoms with Crippen LogP contribution in [-0.4, -0.2) is 43.1 Å². The topological polar surface area (TPSA) is 49.7 Å². The standard InChI is InChI=1S/C6H14BFO3/c1-2-6(7,8)11-5(3-9)4-10/h5,9-10H,2-4,7H2,1H3/t6-/m0/s1. The van der Waals surface area contributed by atoms with Gasteiger partial charge in [-0.25, -0.2) is 4.39 Å². The molecule has 0 unspecified atom stereocenters. The maximum atomic E-state index is 13.0. The summed E-state index contributed by atoms with van der Waals surface area (Å²) in [6.07, 6.45) is -0.617. The predicted molar refractivity (Wildman–Crippen MR) is 41.7 cm³/mol. The van der Waals surface area contributed by atoms with E-state index >= 15 is 0 Å². The van der Waals surface area contributed by atoms with Crippen molar-refractivity contribution in [2.75, 3.05) is 13.2 Å². The van der Waals surface area contributed by atoms with Gasteiger partial charge in [0, 0.05) is 0 Å². The van der Waals surface area contributed by atoms with E-state index in [1.165, 1.54) is 7.85 Å². The summed E-state index contributed by atoms with van der Waals surface area (Å²) in [4.78, 5) is 0. The van der Waals surface area contributed by atoms with Gasteiger partial charge in [0.05, 0.1) is 13.2 Å². The second kappa shape index (κ2) is 4.69. The Morgan fingerprint density at radius 1 is 1.55 bits per heavy atom. The van der Waals surface area contributed by atoms with Gasteiger partial charge in [-0.1, -0.05) is 6.92 Å². The fraction of sp³-hybridized carbons (Fsp3) is 1.00. The Kier molecular flexibility index (Phi) is 4.64. The molecule has 0 amide bonds. The fourth-order valence-electron chi connectivity index (χ4n) is 0.563. The Morgan fingerprint density at radius 3 is 2.27 bits per heavy atom. The number of hydrogen-bond acceptors (Lipinski definition) is 3. The summed E-state index contributed by atoms with van der Waals surface area (Å²) in [5.74, 6) is -1.75. The van der Waals surface area contributed by atoms with Gasteiger partial charge in [-0.3, -0.25) is 0 Å². The van der Waals surface area contributed by atoms with Gasteiger partial charge in [-0.2, -0.15) is 0 Å². The van der Waals surface area contributed by atoms with Crippen LogP contribution in [0.5, 0.6) is 0 Å². The molecule has 0 saturated heterocycles. The number of aliphatic hydroxyl groups is 2. The van der Waals surface area contributed by atoms with E-state index < -0.39 is 11.9 Å². The normalized spacial score (nSPS) is 16.8. The van der Waals surface area contributed by atoms with E-state index in [1.807, 2.05) is 0 Å². The molecular formula is C6H14BFO3. The number of alkyl halides is 1. The van der Waals surface area contributed by atoms with Crippen molar-refractivity contribution < 1.29 is 19.3 Å². The molecule has 0 saturated carbocycles. The zero-order valence-electron chi connectivity index (χ0n) is 6.88. The van der Waals surface area contributed by atoms with Crippen molar-refractivity contribution in [2.24, 2.45) is 0 Å². The summed E-state index contributed by atoms with van der Waals surface area (Å²) in [5, 5.41) is 17.1. The highest BCUT2D eigenvalue weighted by Gasteiger charge is 2.24. The minimum Gasteiger partial charge on any atom is -0.394 e. The van der Waals surface area contributed by atoms with Gasteiger partial charge in [0.1, 0.15) is 6.10 Å². The molecule has 0 aromatic heterocycles. The zero-order chi connectivity index (χ0) is 8.91. The third-order valence-electron chi connectivity index (χ3n) is 1.45. The Bertz CT molecular complexity index is 106. The van der Waals surface area contributed by atoms with Crippen LogP contribution in [0.25, 0.3) is 0 Å². The third-order valence-corrected chi connectivity index (χ3v) is 1.45. The molecular weight excluding hydrogens is 150 g/mol. The van der Waals surface area contributed by atoms with Crippen molar-refractivity contribution in [3.05, 3.63) is 0 Å². The molecule has 5 heteroatoms. The third kappa shape index (κ3) is 4.34. The second-order valence-corrected chi connectivity index (χ2v) is 2.56. The van der Waals surface area contributed by atoms with Crippen LogP contribution in [0.1, 0.15) is 13.3 Å². The number of ether oxygens (including phenoxy) is 1. The van der Waals surface area contributed by atoms with Crippen molar-refractivity contribution in [1.82, 2.24) is 0 Å². The lowest BCUT2D eigenvalue weighted by molar-refractivity contribution is -0.146. The van der Waals surface area contributed by atoms with Crippen LogP contribution in [0.15, 0.2) is 0 Å². The van der Waals surface area contributed by atoms with E-state index in [-0.39, 0.29) is 19.6 Å². The summed E-state index contributed by atoms with van der Waals surface area (Å²) < 4.78 is 17.7. The second-order valence-electron chi connectivity index (χ2n) is 2.56. The Balaban J connectivity index is 3.79. The predicted octanol–water partition coefficient (Wildman–Crippen LogP) is -0.977. The highest BCUT2D eigenvalue weighted by molar-refractivity contribution is 6.13. The lowest BCUT2D eigenvalue weighted by Gasteiger charge is -2.24. The molecule has 0 bridgehead atoms. The average molecular weight is 164 g/mol.